The van der Waals surface area contributed by atoms with Gasteiger partial charge in [-0.1, -0.05) is 42.5 Å². The molecule has 5 heterocycles. The topological polar surface area (TPSA) is 56.0 Å². The van der Waals surface area contributed by atoms with Crippen molar-refractivity contribution in [2.24, 2.45) is 0 Å². The summed E-state index contributed by atoms with van der Waals surface area (Å²) in [6, 6.07) is 28.2. The molecule has 6 aromatic rings. The van der Waals surface area contributed by atoms with Crippen LogP contribution in [0.1, 0.15) is 0 Å². The minimum absolute atomic E-state index is 0.799. The van der Waals surface area contributed by atoms with Gasteiger partial charge in [0.25, 0.3) is 0 Å². The Hall–Kier alpha value is -4.38. The molecule has 0 aliphatic rings. The number of fused-ring (bicyclic) bond motifs is 3. The van der Waals surface area contributed by atoms with Crippen LogP contribution in [0.5, 0.6) is 0 Å². The Bertz CT molecular complexity index is 1510. The van der Waals surface area contributed by atoms with Crippen LogP contribution in [0.15, 0.2) is 104 Å². The van der Waals surface area contributed by atoms with Crippen LogP contribution in [0, 0.1) is 0 Å². The summed E-state index contributed by atoms with van der Waals surface area (Å²) in [7, 11) is 0. The third-order valence-corrected chi connectivity index (χ3v) is 5.38. The average molecular weight is 399 g/mol. The number of nitrogens with zero attached hydrogens (tertiary/aromatic N) is 5. The first-order valence-corrected chi connectivity index (χ1v) is 10.1. The summed E-state index contributed by atoms with van der Waals surface area (Å²) in [5, 5.41) is 7.29. The summed E-state index contributed by atoms with van der Waals surface area (Å²) < 4.78 is 1.98. The molecule has 31 heavy (non-hydrogen) atoms. The highest BCUT2D eigenvalue weighted by molar-refractivity contribution is 6.07. The Labute approximate surface area is 178 Å². The summed E-state index contributed by atoms with van der Waals surface area (Å²) >= 11 is 0. The molecule has 5 aromatic heterocycles. The molecule has 0 atom stereocenters. The average Bonchev–Trinajstić information content (AvgIpc) is 3.26. The van der Waals surface area contributed by atoms with Gasteiger partial charge < -0.3 is 0 Å². The van der Waals surface area contributed by atoms with Gasteiger partial charge >= 0.3 is 0 Å². The van der Waals surface area contributed by atoms with Crippen LogP contribution in [0.3, 0.4) is 0 Å². The Kier molecular flexibility index (Phi) is 4.03. The van der Waals surface area contributed by atoms with Gasteiger partial charge in [-0.3, -0.25) is 15.0 Å². The van der Waals surface area contributed by atoms with Crippen LogP contribution < -0.4 is 0 Å². The summed E-state index contributed by atoms with van der Waals surface area (Å²) in [5.41, 5.74) is 6.22. The van der Waals surface area contributed by atoms with E-state index in [1.165, 1.54) is 0 Å². The molecule has 1 aromatic carbocycles. The smallest absolute Gasteiger partial charge is 0.121 e. The summed E-state index contributed by atoms with van der Waals surface area (Å²) in [6.07, 6.45) is 5.41. The predicted octanol–water partition coefficient (Wildman–Crippen LogP) is 5.67. The van der Waals surface area contributed by atoms with E-state index in [1.54, 1.807) is 12.4 Å². The fourth-order valence-corrected chi connectivity index (χ4v) is 4.02. The minimum atomic E-state index is 0.799. The van der Waals surface area contributed by atoms with E-state index in [9.17, 15) is 0 Å². The van der Waals surface area contributed by atoms with Gasteiger partial charge in [0.05, 0.1) is 33.9 Å². The third kappa shape index (κ3) is 2.87. The monoisotopic (exact) mass is 399 g/mol. The third-order valence-electron chi connectivity index (χ3n) is 5.38. The standard InChI is InChI=1S/C26H17N5/c1-2-10-19-18(9-1)17-23(20-11-3-6-14-27-20)31-26(19)24(21-12-4-7-15-28-21)25(30-31)22-13-5-8-16-29-22/h1-17H. The lowest BCUT2D eigenvalue weighted by Gasteiger charge is -2.09. The maximum absolute atomic E-state index is 5.06. The zero-order valence-electron chi connectivity index (χ0n) is 16.6. The molecule has 0 saturated carbocycles. The van der Waals surface area contributed by atoms with Crippen LogP contribution in [0.2, 0.25) is 0 Å². The van der Waals surface area contributed by atoms with Gasteiger partial charge in [0.1, 0.15) is 5.69 Å². The Morgan fingerprint density at radius 3 is 1.87 bits per heavy atom. The van der Waals surface area contributed by atoms with E-state index < -0.39 is 0 Å². The molecule has 5 heteroatoms. The van der Waals surface area contributed by atoms with Crippen molar-refractivity contribution < 1.29 is 0 Å². The van der Waals surface area contributed by atoms with Gasteiger partial charge in [-0.25, -0.2) is 4.52 Å². The van der Waals surface area contributed by atoms with Gasteiger partial charge in [0, 0.05) is 24.0 Å². The van der Waals surface area contributed by atoms with E-state index in [0.29, 0.717) is 0 Å². The highest BCUT2D eigenvalue weighted by atomic mass is 15.2. The van der Waals surface area contributed by atoms with Gasteiger partial charge in [-0.15, -0.1) is 0 Å². The van der Waals surface area contributed by atoms with Crippen LogP contribution in [-0.4, -0.2) is 24.6 Å². The molecule has 5 nitrogen and oxygen atoms in total. The molecule has 0 saturated heterocycles. The van der Waals surface area contributed by atoms with Crippen molar-refractivity contribution >= 4 is 16.3 Å². The van der Waals surface area contributed by atoms with Crippen molar-refractivity contribution in [2.45, 2.75) is 0 Å². The SMILES string of the molecule is c1ccc(-c2nn3c(-c4ccccn4)cc4ccccc4c3c2-c2ccccn2)nc1. The fourth-order valence-electron chi connectivity index (χ4n) is 4.02. The maximum Gasteiger partial charge on any atom is 0.121 e. The number of benzene rings is 1. The lowest BCUT2D eigenvalue weighted by Crippen LogP contribution is -1.97. The Balaban J connectivity index is 1.83. The normalized spacial score (nSPS) is 11.2. The molecule has 0 aliphatic carbocycles. The zero-order valence-corrected chi connectivity index (χ0v) is 16.6. The summed E-state index contributed by atoms with van der Waals surface area (Å²) in [6.45, 7) is 0. The van der Waals surface area contributed by atoms with Crippen molar-refractivity contribution in [3.63, 3.8) is 0 Å². The second-order valence-electron chi connectivity index (χ2n) is 7.25. The highest BCUT2D eigenvalue weighted by Crippen LogP contribution is 2.39. The lowest BCUT2D eigenvalue weighted by molar-refractivity contribution is 0.968. The zero-order chi connectivity index (χ0) is 20.6. The number of hydrogen-bond donors (Lipinski definition) is 0. The van der Waals surface area contributed by atoms with Crippen LogP contribution in [-0.2, 0) is 0 Å². The van der Waals surface area contributed by atoms with E-state index in [0.717, 1.165) is 50.3 Å². The number of hydrogen-bond acceptors (Lipinski definition) is 4. The first kappa shape index (κ1) is 17.5. The van der Waals surface area contributed by atoms with Crippen molar-refractivity contribution in [3.05, 3.63) is 104 Å². The van der Waals surface area contributed by atoms with Crippen LogP contribution in [0.25, 0.3) is 50.3 Å². The minimum Gasteiger partial charge on any atom is -0.256 e. The first-order valence-electron chi connectivity index (χ1n) is 10.1. The number of pyridine rings is 4. The van der Waals surface area contributed by atoms with E-state index in [-0.39, 0.29) is 0 Å². The van der Waals surface area contributed by atoms with Crippen molar-refractivity contribution in [2.75, 3.05) is 0 Å². The molecular formula is C26H17N5. The fraction of sp³-hybridized carbons (Fsp3) is 0. The molecule has 0 radical (unpaired) electrons. The largest absolute Gasteiger partial charge is 0.256 e. The maximum atomic E-state index is 5.06. The second-order valence-corrected chi connectivity index (χ2v) is 7.25. The summed E-state index contributed by atoms with van der Waals surface area (Å²) in [4.78, 5) is 13.9. The number of rotatable bonds is 3. The molecule has 0 amide bonds. The Morgan fingerprint density at radius 2 is 1.19 bits per heavy atom. The highest BCUT2D eigenvalue weighted by Gasteiger charge is 2.22. The molecule has 0 fully saturated rings. The molecule has 0 N–H and O–H groups in total. The molecule has 6 rings (SSSR count). The first-order chi connectivity index (χ1) is 15.4. The van der Waals surface area contributed by atoms with Gasteiger partial charge in [0.15, 0.2) is 0 Å². The molecule has 0 aliphatic heterocycles. The van der Waals surface area contributed by atoms with Gasteiger partial charge in [0.2, 0.25) is 0 Å². The molecular weight excluding hydrogens is 382 g/mol. The van der Waals surface area contributed by atoms with E-state index in [4.69, 9.17) is 5.10 Å². The van der Waals surface area contributed by atoms with Crippen molar-refractivity contribution in [1.82, 2.24) is 24.6 Å². The van der Waals surface area contributed by atoms with Crippen LogP contribution in [0.4, 0.5) is 0 Å². The summed E-state index contributed by atoms with van der Waals surface area (Å²) in [5.74, 6) is 0. The van der Waals surface area contributed by atoms with Crippen molar-refractivity contribution in [1.29, 1.82) is 0 Å². The van der Waals surface area contributed by atoms with Gasteiger partial charge in [-0.05, 0) is 47.9 Å². The van der Waals surface area contributed by atoms with E-state index >= 15 is 0 Å². The van der Waals surface area contributed by atoms with Crippen LogP contribution >= 0.6 is 0 Å². The Morgan fingerprint density at radius 1 is 0.581 bits per heavy atom. The number of aromatic nitrogens is 5. The predicted molar refractivity (Wildman–Crippen MR) is 122 cm³/mol. The lowest BCUT2D eigenvalue weighted by atomic mass is 10.0. The molecule has 0 unspecified atom stereocenters. The van der Waals surface area contributed by atoms with E-state index in [1.807, 2.05) is 65.3 Å². The van der Waals surface area contributed by atoms with Gasteiger partial charge in [-0.2, -0.15) is 5.10 Å². The quantitative estimate of drug-likeness (QED) is 0.384. The second kappa shape index (κ2) is 7.15. The van der Waals surface area contributed by atoms with E-state index in [2.05, 4.69) is 45.3 Å². The molecule has 146 valence electrons. The molecule has 0 bridgehead atoms. The molecule has 0 spiro atoms. The van der Waals surface area contributed by atoms with Crippen molar-refractivity contribution in [3.8, 4) is 34.0 Å².